The highest BCUT2D eigenvalue weighted by molar-refractivity contribution is 6.30. The van der Waals surface area contributed by atoms with Gasteiger partial charge in [-0.2, -0.15) is 0 Å². The molecular formula is C15H13ClF2O. The topological polar surface area (TPSA) is 20.2 Å². The molecule has 0 saturated carbocycles. The Bertz CT molecular complexity index is 598. The van der Waals surface area contributed by atoms with E-state index in [4.69, 9.17) is 11.6 Å². The van der Waals surface area contributed by atoms with Gasteiger partial charge < -0.3 is 5.11 Å². The molecule has 0 spiro atoms. The molecule has 0 heterocycles. The normalized spacial score (nSPS) is 11.7. The standard InChI is InChI=1S/C15H13ClF2O/c1-15(2,19)14-7-10(16)3-4-13(14)9-5-11(17)8-12(18)6-9/h3-8,19H,1-2H3. The molecule has 100 valence electrons. The minimum Gasteiger partial charge on any atom is -0.386 e. The zero-order chi connectivity index (χ0) is 14.2. The number of hydrogen-bond acceptors (Lipinski definition) is 1. The fraction of sp³-hybridized carbons (Fsp3) is 0.200. The summed E-state index contributed by atoms with van der Waals surface area (Å²) in [5.74, 6) is -1.32. The van der Waals surface area contributed by atoms with Gasteiger partial charge in [0.2, 0.25) is 0 Å². The van der Waals surface area contributed by atoms with Crippen LogP contribution in [0.2, 0.25) is 5.02 Å². The van der Waals surface area contributed by atoms with Crippen LogP contribution in [0.3, 0.4) is 0 Å². The molecule has 2 aromatic carbocycles. The van der Waals surface area contributed by atoms with Gasteiger partial charge in [-0.3, -0.25) is 0 Å². The Morgan fingerprint density at radius 2 is 1.58 bits per heavy atom. The van der Waals surface area contributed by atoms with Crippen LogP contribution in [0.25, 0.3) is 11.1 Å². The zero-order valence-corrected chi connectivity index (χ0v) is 11.3. The molecule has 0 saturated heterocycles. The molecule has 19 heavy (non-hydrogen) atoms. The molecule has 0 unspecified atom stereocenters. The summed E-state index contributed by atoms with van der Waals surface area (Å²) in [4.78, 5) is 0. The molecule has 0 aliphatic carbocycles. The molecule has 1 nitrogen and oxygen atoms in total. The van der Waals surface area contributed by atoms with E-state index in [2.05, 4.69) is 0 Å². The monoisotopic (exact) mass is 282 g/mol. The molecule has 0 amide bonds. The van der Waals surface area contributed by atoms with E-state index in [0.717, 1.165) is 6.07 Å². The molecule has 0 aliphatic heterocycles. The zero-order valence-electron chi connectivity index (χ0n) is 10.5. The third kappa shape index (κ3) is 3.11. The summed E-state index contributed by atoms with van der Waals surface area (Å²) in [6.07, 6.45) is 0. The van der Waals surface area contributed by atoms with E-state index in [1.807, 2.05) is 0 Å². The van der Waals surface area contributed by atoms with Gasteiger partial charge in [-0.25, -0.2) is 8.78 Å². The number of hydrogen-bond donors (Lipinski definition) is 1. The fourth-order valence-electron chi connectivity index (χ4n) is 1.98. The van der Waals surface area contributed by atoms with Gasteiger partial charge in [0, 0.05) is 11.1 Å². The highest BCUT2D eigenvalue weighted by Crippen LogP contribution is 2.34. The van der Waals surface area contributed by atoms with Crippen LogP contribution in [0.1, 0.15) is 19.4 Å². The van der Waals surface area contributed by atoms with Crippen molar-refractivity contribution in [3.05, 3.63) is 58.6 Å². The van der Waals surface area contributed by atoms with Crippen molar-refractivity contribution in [1.82, 2.24) is 0 Å². The van der Waals surface area contributed by atoms with Crippen LogP contribution in [0.4, 0.5) is 8.78 Å². The Morgan fingerprint density at radius 1 is 1.00 bits per heavy atom. The number of halogens is 3. The second kappa shape index (κ2) is 4.91. The molecule has 0 fully saturated rings. The minimum atomic E-state index is -1.16. The van der Waals surface area contributed by atoms with Crippen molar-refractivity contribution in [2.45, 2.75) is 19.4 Å². The highest BCUT2D eigenvalue weighted by Gasteiger charge is 2.21. The Hall–Kier alpha value is -1.45. The van der Waals surface area contributed by atoms with E-state index in [1.54, 1.807) is 32.0 Å². The average molecular weight is 283 g/mol. The van der Waals surface area contributed by atoms with Crippen molar-refractivity contribution < 1.29 is 13.9 Å². The second-order valence-electron chi connectivity index (χ2n) is 4.91. The number of aliphatic hydroxyl groups is 1. The lowest BCUT2D eigenvalue weighted by molar-refractivity contribution is 0.0792. The van der Waals surface area contributed by atoms with E-state index in [-0.39, 0.29) is 0 Å². The molecule has 2 aromatic rings. The van der Waals surface area contributed by atoms with Crippen molar-refractivity contribution in [3.63, 3.8) is 0 Å². The van der Waals surface area contributed by atoms with Gasteiger partial charge in [0.25, 0.3) is 0 Å². The van der Waals surface area contributed by atoms with Gasteiger partial charge >= 0.3 is 0 Å². The lowest BCUT2D eigenvalue weighted by Gasteiger charge is -2.22. The Balaban J connectivity index is 2.68. The van der Waals surface area contributed by atoms with Crippen LogP contribution in [-0.2, 0) is 5.60 Å². The summed E-state index contributed by atoms with van der Waals surface area (Å²) in [6, 6.07) is 8.12. The molecule has 0 aliphatic rings. The first kappa shape index (κ1) is 14.0. The van der Waals surface area contributed by atoms with Gasteiger partial charge in [0.1, 0.15) is 11.6 Å². The summed E-state index contributed by atoms with van der Waals surface area (Å²) < 4.78 is 26.6. The van der Waals surface area contributed by atoms with Crippen LogP contribution in [0.5, 0.6) is 0 Å². The minimum absolute atomic E-state index is 0.367. The van der Waals surface area contributed by atoms with Crippen molar-refractivity contribution >= 4 is 11.6 Å². The Kier molecular flexibility index (Phi) is 3.61. The quantitative estimate of drug-likeness (QED) is 0.859. The third-order valence-electron chi connectivity index (χ3n) is 2.81. The van der Waals surface area contributed by atoms with Crippen LogP contribution in [0.15, 0.2) is 36.4 Å². The average Bonchev–Trinajstić information content (AvgIpc) is 2.26. The van der Waals surface area contributed by atoms with E-state index in [0.29, 0.717) is 21.7 Å². The molecule has 0 atom stereocenters. The highest BCUT2D eigenvalue weighted by atomic mass is 35.5. The molecule has 4 heteroatoms. The van der Waals surface area contributed by atoms with Gasteiger partial charge in [-0.05, 0) is 54.8 Å². The number of rotatable bonds is 2. The predicted octanol–water partition coefficient (Wildman–Crippen LogP) is 4.51. The predicted molar refractivity (Wildman–Crippen MR) is 72.0 cm³/mol. The Labute approximate surface area is 115 Å². The van der Waals surface area contributed by atoms with E-state index >= 15 is 0 Å². The molecular weight excluding hydrogens is 270 g/mol. The summed E-state index contributed by atoms with van der Waals surface area (Å²) in [5, 5.41) is 10.6. The van der Waals surface area contributed by atoms with Crippen molar-refractivity contribution in [2.75, 3.05) is 0 Å². The third-order valence-corrected chi connectivity index (χ3v) is 3.05. The molecule has 0 bridgehead atoms. The van der Waals surface area contributed by atoms with E-state index < -0.39 is 17.2 Å². The lowest BCUT2D eigenvalue weighted by Crippen LogP contribution is -2.16. The van der Waals surface area contributed by atoms with Gasteiger partial charge in [-0.15, -0.1) is 0 Å². The van der Waals surface area contributed by atoms with Crippen LogP contribution in [-0.4, -0.2) is 5.11 Å². The summed E-state index contributed by atoms with van der Waals surface area (Å²) in [5.41, 5.74) is 0.273. The summed E-state index contributed by atoms with van der Waals surface area (Å²) >= 11 is 5.91. The maximum atomic E-state index is 13.3. The molecule has 1 N–H and O–H groups in total. The van der Waals surface area contributed by atoms with Crippen LogP contribution >= 0.6 is 11.6 Å². The van der Waals surface area contributed by atoms with Crippen LogP contribution < -0.4 is 0 Å². The Morgan fingerprint density at radius 3 is 2.11 bits per heavy atom. The van der Waals surface area contributed by atoms with Gasteiger partial charge in [0.15, 0.2) is 0 Å². The summed E-state index contributed by atoms with van der Waals surface area (Å²) in [7, 11) is 0. The molecule has 2 rings (SSSR count). The summed E-state index contributed by atoms with van der Waals surface area (Å²) in [6.45, 7) is 3.19. The molecule has 0 radical (unpaired) electrons. The van der Waals surface area contributed by atoms with Crippen molar-refractivity contribution in [2.24, 2.45) is 0 Å². The van der Waals surface area contributed by atoms with Gasteiger partial charge in [-0.1, -0.05) is 17.7 Å². The maximum Gasteiger partial charge on any atom is 0.126 e. The van der Waals surface area contributed by atoms with E-state index in [1.165, 1.54) is 12.1 Å². The first-order valence-electron chi connectivity index (χ1n) is 5.76. The lowest BCUT2D eigenvalue weighted by atomic mass is 9.89. The van der Waals surface area contributed by atoms with Gasteiger partial charge in [0.05, 0.1) is 5.60 Å². The first-order valence-corrected chi connectivity index (χ1v) is 6.14. The van der Waals surface area contributed by atoms with Crippen molar-refractivity contribution in [3.8, 4) is 11.1 Å². The largest absolute Gasteiger partial charge is 0.386 e. The van der Waals surface area contributed by atoms with Crippen molar-refractivity contribution in [1.29, 1.82) is 0 Å². The fourth-order valence-corrected chi connectivity index (χ4v) is 2.16. The van der Waals surface area contributed by atoms with Crippen LogP contribution in [0, 0.1) is 11.6 Å². The SMILES string of the molecule is CC(C)(O)c1cc(Cl)ccc1-c1cc(F)cc(F)c1. The second-order valence-corrected chi connectivity index (χ2v) is 5.34. The molecule has 0 aromatic heterocycles. The smallest absolute Gasteiger partial charge is 0.126 e. The maximum absolute atomic E-state index is 13.3. The van der Waals surface area contributed by atoms with E-state index in [9.17, 15) is 13.9 Å². The first-order chi connectivity index (χ1) is 8.77. The number of benzene rings is 2.